The lowest BCUT2D eigenvalue weighted by atomic mass is 10.2. The van der Waals surface area contributed by atoms with E-state index >= 15 is 0 Å². The van der Waals surface area contributed by atoms with Gasteiger partial charge in [-0.2, -0.15) is 0 Å². The summed E-state index contributed by atoms with van der Waals surface area (Å²) in [6.45, 7) is 2.78. The lowest BCUT2D eigenvalue weighted by molar-refractivity contribution is -0.116. The van der Waals surface area contributed by atoms with Gasteiger partial charge in [0.15, 0.2) is 0 Å². The molecule has 11 heteroatoms. The molecule has 3 aromatic rings. The molecule has 0 bridgehead atoms. The number of aromatic nitrogens is 1. The highest BCUT2D eigenvalue weighted by atomic mass is 35.5. The van der Waals surface area contributed by atoms with Gasteiger partial charge in [-0.3, -0.25) is 9.59 Å². The number of carbonyl (C=O) groups is 1. The molecule has 8 nitrogen and oxygen atoms in total. The van der Waals surface area contributed by atoms with E-state index < -0.39 is 21.3 Å². The van der Waals surface area contributed by atoms with Gasteiger partial charge < -0.3 is 19.4 Å². The Morgan fingerprint density at radius 2 is 1.84 bits per heavy atom. The molecular weight excluding hydrogens is 476 g/mol. The summed E-state index contributed by atoms with van der Waals surface area (Å²) in [6, 6.07) is 9.26. The second-order valence-corrected chi connectivity index (χ2v) is 10.7. The molecular formula is C21H21ClN2O6S2. The number of thiophene rings is 1. The first-order valence-corrected chi connectivity index (χ1v) is 12.0. The van der Waals surface area contributed by atoms with Crippen LogP contribution in [0.4, 0.5) is 5.69 Å². The fourth-order valence-electron chi connectivity index (χ4n) is 3.22. The monoisotopic (exact) mass is 496 g/mol. The smallest absolute Gasteiger partial charge is 0.270 e. The average molecular weight is 497 g/mol. The van der Waals surface area contributed by atoms with Gasteiger partial charge in [0.2, 0.25) is 15.7 Å². The number of hydrogen-bond acceptors (Lipinski definition) is 7. The predicted octanol–water partition coefficient (Wildman–Crippen LogP) is 3.67. The predicted molar refractivity (Wildman–Crippen MR) is 123 cm³/mol. The van der Waals surface area contributed by atoms with Crippen LogP contribution < -0.4 is 20.3 Å². The summed E-state index contributed by atoms with van der Waals surface area (Å²) in [5.41, 5.74) is 0.321. The third-order valence-electron chi connectivity index (χ3n) is 4.71. The SMILES string of the molecule is COc1ccc(OC)c(NC(=O)Cn2c(C)cc(C)c(S(=O)(=O)c3ccc(Cl)s3)c2=O)c1. The summed E-state index contributed by atoms with van der Waals surface area (Å²) >= 11 is 6.75. The Hall–Kier alpha value is -2.82. The summed E-state index contributed by atoms with van der Waals surface area (Å²) in [5.74, 6) is 0.380. The van der Waals surface area contributed by atoms with Gasteiger partial charge in [-0.1, -0.05) is 11.6 Å². The second-order valence-electron chi connectivity index (χ2n) is 6.87. The summed E-state index contributed by atoms with van der Waals surface area (Å²) in [5, 5.41) is 2.68. The van der Waals surface area contributed by atoms with Crippen LogP contribution in [0.2, 0.25) is 4.34 Å². The first-order valence-electron chi connectivity index (χ1n) is 9.31. The second kappa shape index (κ2) is 9.35. The zero-order valence-corrected chi connectivity index (χ0v) is 20.2. The lowest BCUT2D eigenvalue weighted by Gasteiger charge is -2.15. The van der Waals surface area contributed by atoms with Crippen molar-refractivity contribution in [1.82, 2.24) is 4.57 Å². The van der Waals surface area contributed by atoms with Crippen molar-refractivity contribution in [2.45, 2.75) is 29.5 Å². The van der Waals surface area contributed by atoms with Gasteiger partial charge >= 0.3 is 0 Å². The Morgan fingerprint density at radius 1 is 1.12 bits per heavy atom. The number of hydrogen-bond donors (Lipinski definition) is 1. The first-order chi connectivity index (χ1) is 15.1. The quantitative estimate of drug-likeness (QED) is 0.535. The number of aryl methyl sites for hydroxylation is 2. The largest absolute Gasteiger partial charge is 0.497 e. The van der Waals surface area contributed by atoms with Gasteiger partial charge in [0.05, 0.1) is 24.2 Å². The molecule has 1 N–H and O–H groups in total. The van der Waals surface area contributed by atoms with Crippen molar-refractivity contribution in [2.24, 2.45) is 0 Å². The number of rotatable bonds is 7. The van der Waals surface area contributed by atoms with E-state index in [1.54, 1.807) is 38.1 Å². The molecule has 0 radical (unpaired) electrons. The molecule has 0 saturated carbocycles. The number of anilines is 1. The zero-order chi connectivity index (χ0) is 23.6. The first kappa shape index (κ1) is 23.8. The van der Waals surface area contributed by atoms with Crippen LogP contribution in [-0.2, 0) is 21.2 Å². The van der Waals surface area contributed by atoms with E-state index in [1.807, 2.05) is 0 Å². The number of methoxy groups -OCH3 is 2. The third-order valence-corrected chi connectivity index (χ3v) is 8.35. The fraction of sp³-hybridized carbons (Fsp3) is 0.238. The minimum Gasteiger partial charge on any atom is -0.497 e. The van der Waals surface area contributed by atoms with Crippen molar-refractivity contribution >= 4 is 44.4 Å². The van der Waals surface area contributed by atoms with Gasteiger partial charge in [-0.15, -0.1) is 11.3 Å². The van der Waals surface area contributed by atoms with Crippen LogP contribution in [0, 0.1) is 13.8 Å². The molecule has 170 valence electrons. The Balaban J connectivity index is 1.99. The van der Waals surface area contributed by atoms with E-state index in [1.165, 1.54) is 26.4 Å². The van der Waals surface area contributed by atoms with Gasteiger partial charge in [0.1, 0.15) is 27.1 Å². The maximum absolute atomic E-state index is 13.2. The van der Waals surface area contributed by atoms with Gasteiger partial charge in [-0.05, 0) is 49.7 Å². The summed E-state index contributed by atoms with van der Waals surface area (Å²) in [7, 11) is -1.15. The van der Waals surface area contributed by atoms with E-state index in [0.29, 0.717) is 32.8 Å². The number of ether oxygens (including phenoxy) is 2. The molecule has 2 aromatic heterocycles. The fourth-order valence-corrected chi connectivity index (χ4v) is 6.36. The molecule has 3 rings (SSSR count). The Labute approximate surface area is 194 Å². The molecule has 1 aromatic carbocycles. The molecule has 0 unspecified atom stereocenters. The average Bonchev–Trinajstić information content (AvgIpc) is 3.18. The van der Waals surface area contributed by atoms with Crippen molar-refractivity contribution < 1.29 is 22.7 Å². The van der Waals surface area contributed by atoms with Crippen LogP contribution in [-0.4, -0.2) is 33.1 Å². The molecule has 0 fully saturated rings. The van der Waals surface area contributed by atoms with E-state index in [9.17, 15) is 18.0 Å². The number of amides is 1. The highest BCUT2D eigenvalue weighted by Gasteiger charge is 2.27. The summed E-state index contributed by atoms with van der Waals surface area (Å²) in [4.78, 5) is 25.5. The summed E-state index contributed by atoms with van der Waals surface area (Å²) in [6.07, 6.45) is 0. The number of sulfone groups is 1. The van der Waals surface area contributed by atoms with Crippen LogP contribution in [0.5, 0.6) is 11.5 Å². The highest BCUT2D eigenvalue weighted by Crippen LogP contribution is 2.31. The summed E-state index contributed by atoms with van der Waals surface area (Å²) < 4.78 is 38.0. The number of carbonyl (C=O) groups excluding carboxylic acids is 1. The molecule has 0 aliphatic heterocycles. The molecule has 0 aliphatic rings. The van der Waals surface area contributed by atoms with Crippen molar-refractivity contribution in [3.05, 3.63) is 62.3 Å². The van der Waals surface area contributed by atoms with Crippen molar-refractivity contribution in [1.29, 1.82) is 0 Å². The number of benzene rings is 1. The van der Waals surface area contributed by atoms with Crippen LogP contribution in [0.1, 0.15) is 11.3 Å². The molecule has 0 atom stereocenters. The van der Waals surface area contributed by atoms with Crippen LogP contribution >= 0.6 is 22.9 Å². The molecule has 0 spiro atoms. The topological polar surface area (TPSA) is 104 Å². The van der Waals surface area contributed by atoms with Gasteiger partial charge in [0.25, 0.3) is 5.56 Å². The Bertz CT molecular complexity index is 1340. The zero-order valence-electron chi connectivity index (χ0n) is 17.8. The third kappa shape index (κ3) is 4.67. The minimum atomic E-state index is -4.10. The number of halogens is 1. The highest BCUT2D eigenvalue weighted by molar-refractivity contribution is 7.93. The van der Waals surface area contributed by atoms with Crippen molar-refractivity contribution in [3.63, 3.8) is 0 Å². The molecule has 0 saturated heterocycles. The van der Waals surface area contributed by atoms with E-state index in [2.05, 4.69) is 5.32 Å². The van der Waals surface area contributed by atoms with Crippen molar-refractivity contribution in [3.8, 4) is 11.5 Å². The van der Waals surface area contributed by atoms with Gasteiger partial charge in [-0.25, -0.2) is 8.42 Å². The Morgan fingerprint density at radius 3 is 2.44 bits per heavy atom. The van der Waals surface area contributed by atoms with E-state index in [0.717, 1.165) is 15.9 Å². The van der Waals surface area contributed by atoms with Crippen LogP contribution in [0.15, 0.2) is 50.3 Å². The number of nitrogens with one attached hydrogen (secondary N) is 1. The minimum absolute atomic E-state index is 0.0383. The molecule has 2 heterocycles. The van der Waals surface area contributed by atoms with E-state index in [-0.39, 0.29) is 15.6 Å². The molecule has 0 aliphatic carbocycles. The maximum Gasteiger partial charge on any atom is 0.270 e. The van der Waals surface area contributed by atoms with Gasteiger partial charge in [0, 0.05) is 11.8 Å². The Kier molecular flexibility index (Phi) is 6.97. The van der Waals surface area contributed by atoms with Crippen LogP contribution in [0.25, 0.3) is 0 Å². The van der Waals surface area contributed by atoms with E-state index in [4.69, 9.17) is 21.1 Å². The molecule has 1 amide bonds. The normalized spacial score (nSPS) is 11.3. The lowest BCUT2D eigenvalue weighted by Crippen LogP contribution is -2.33. The maximum atomic E-state index is 13.2. The molecule has 32 heavy (non-hydrogen) atoms. The van der Waals surface area contributed by atoms with Crippen molar-refractivity contribution in [2.75, 3.05) is 19.5 Å². The number of pyridine rings is 1. The standard InChI is InChI=1S/C21H21ClN2O6S2/c1-12-9-13(2)24(21(26)20(12)32(27,28)19-8-7-17(22)31-19)11-18(25)23-15-10-14(29-3)5-6-16(15)30-4/h5-10H,11H2,1-4H3,(H,23,25). The van der Waals surface area contributed by atoms with Crippen LogP contribution in [0.3, 0.4) is 0 Å². The number of nitrogens with zero attached hydrogens (tertiary/aromatic N) is 1.